The molecule has 1 unspecified atom stereocenters. The Morgan fingerprint density at radius 1 is 1.44 bits per heavy atom. The topological polar surface area (TPSA) is 71.8 Å². The van der Waals surface area contributed by atoms with Crippen molar-refractivity contribution in [3.8, 4) is 5.75 Å². The van der Waals surface area contributed by atoms with Crippen LogP contribution in [-0.2, 0) is 0 Å². The maximum absolute atomic E-state index is 14.4. The number of aromatic carboxylic acids is 1. The summed E-state index contributed by atoms with van der Waals surface area (Å²) in [5, 5.41) is 9.30. The zero-order valence-corrected chi connectivity index (χ0v) is 14.5. The van der Waals surface area contributed by atoms with Gasteiger partial charge in [-0.3, -0.25) is 4.79 Å². The minimum atomic E-state index is -1.30. The number of fused-ring (bicyclic) bond motifs is 1. The van der Waals surface area contributed by atoms with Crippen LogP contribution >= 0.6 is 0 Å². The minimum absolute atomic E-state index is 0.0670. The molecule has 1 N–H and O–H groups in total. The first-order chi connectivity index (χ1) is 11.8. The van der Waals surface area contributed by atoms with Crippen molar-refractivity contribution in [3.63, 3.8) is 0 Å². The summed E-state index contributed by atoms with van der Waals surface area (Å²) in [7, 11) is 3.81. The van der Waals surface area contributed by atoms with Crippen LogP contribution in [0.2, 0.25) is 0 Å². The van der Waals surface area contributed by atoms with Gasteiger partial charge in [0.15, 0.2) is 11.6 Å². The summed E-state index contributed by atoms with van der Waals surface area (Å²) in [4.78, 5) is 25.6. The van der Waals surface area contributed by atoms with Gasteiger partial charge < -0.3 is 19.3 Å². The molecule has 1 heterocycles. The molecule has 2 aromatic rings. The first-order valence-corrected chi connectivity index (χ1v) is 8.20. The van der Waals surface area contributed by atoms with E-state index >= 15 is 0 Å². The van der Waals surface area contributed by atoms with Crippen molar-refractivity contribution in [3.05, 3.63) is 39.9 Å². The average Bonchev–Trinajstić information content (AvgIpc) is 3.38. The number of hydrogen-bond donors (Lipinski definition) is 1. The molecule has 1 saturated carbocycles. The van der Waals surface area contributed by atoms with Crippen LogP contribution in [0.5, 0.6) is 5.75 Å². The number of pyridine rings is 1. The standard InChI is InChI=1S/C18H21FN2O4/c1-10(20(2)3)9-25-16-7-15-12(6-14(16)19)17(22)13(18(23)24)8-21(15)11-4-5-11/h6-8,10-11H,4-5,9H2,1-3H3,(H,23,24). The van der Waals surface area contributed by atoms with Crippen molar-refractivity contribution in [2.45, 2.75) is 31.8 Å². The Morgan fingerprint density at radius 2 is 2.12 bits per heavy atom. The number of carboxylic acid groups (broad SMARTS) is 1. The van der Waals surface area contributed by atoms with Crippen LogP contribution in [0, 0.1) is 5.82 Å². The Hall–Kier alpha value is -2.41. The molecule has 0 saturated heterocycles. The Bertz CT molecular complexity index is 887. The molecular formula is C18H21FN2O4. The van der Waals surface area contributed by atoms with Crippen molar-refractivity contribution < 1.29 is 19.0 Å². The molecular weight excluding hydrogens is 327 g/mol. The Labute approximate surface area is 144 Å². The summed E-state index contributed by atoms with van der Waals surface area (Å²) < 4.78 is 21.7. The zero-order chi connectivity index (χ0) is 18.3. The lowest BCUT2D eigenvalue weighted by Crippen LogP contribution is -2.30. The molecule has 3 rings (SSSR count). The van der Waals surface area contributed by atoms with E-state index < -0.39 is 17.2 Å². The Kier molecular flexibility index (Phi) is 4.51. The highest BCUT2D eigenvalue weighted by molar-refractivity contribution is 5.93. The van der Waals surface area contributed by atoms with Gasteiger partial charge in [-0.2, -0.15) is 0 Å². The lowest BCUT2D eigenvalue weighted by molar-refractivity contribution is 0.0695. The van der Waals surface area contributed by atoms with E-state index in [2.05, 4.69) is 0 Å². The number of hydrogen-bond acceptors (Lipinski definition) is 4. The highest BCUT2D eigenvalue weighted by Crippen LogP contribution is 2.38. The predicted molar refractivity (Wildman–Crippen MR) is 92.0 cm³/mol. The summed E-state index contributed by atoms with van der Waals surface area (Å²) in [6, 6.07) is 2.81. The number of benzene rings is 1. The second-order valence-electron chi connectivity index (χ2n) is 6.74. The monoisotopic (exact) mass is 348 g/mol. The van der Waals surface area contributed by atoms with Crippen molar-refractivity contribution in [2.24, 2.45) is 0 Å². The Morgan fingerprint density at radius 3 is 2.68 bits per heavy atom. The van der Waals surface area contributed by atoms with Crippen LogP contribution in [0.25, 0.3) is 10.9 Å². The molecule has 134 valence electrons. The van der Waals surface area contributed by atoms with Crippen molar-refractivity contribution in [1.29, 1.82) is 0 Å². The van der Waals surface area contributed by atoms with Gasteiger partial charge in [0.2, 0.25) is 5.43 Å². The number of aromatic nitrogens is 1. The minimum Gasteiger partial charge on any atom is -0.489 e. The van der Waals surface area contributed by atoms with E-state index in [9.17, 15) is 19.1 Å². The van der Waals surface area contributed by atoms with Gasteiger partial charge in [0.05, 0.1) is 5.52 Å². The predicted octanol–water partition coefficient (Wildman–Crippen LogP) is 2.50. The highest BCUT2D eigenvalue weighted by atomic mass is 19.1. The first-order valence-electron chi connectivity index (χ1n) is 8.20. The fourth-order valence-corrected chi connectivity index (χ4v) is 2.63. The number of ether oxygens (including phenoxy) is 1. The molecule has 25 heavy (non-hydrogen) atoms. The number of rotatable bonds is 6. The van der Waals surface area contributed by atoms with E-state index in [0.29, 0.717) is 12.1 Å². The van der Waals surface area contributed by atoms with Gasteiger partial charge in [-0.05, 0) is 39.9 Å². The molecule has 0 aliphatic heterocycles. The summed E-state index contributed by atoms with van der Waals surface area (Å²) >= 11 is 0. The fourth-order valence-electron chi connectivity index (χ4n) is 2.63. The molecule has 0 bridgehead atoms. The summed E-state index contributed by atoms with van der Waals surface area (Å²) in [5.74, 6) is -1.90. The van der Waals surface area contributed by atoms with Crippen molar-refractivity contribution in [2.75, 3.05) is 20.7 Å². The van der Waals surface area contributed by atoms with Crippen LogP contribution in [0.4, 0.5) is 4.39 Å². The van der Waals surface area contributed by atoms with Gasteiger partial charge in [0.1, 0.15) is 12.2 Å². The third-order valence-electron chi connectivity index (χ3n) is 4.62. The van der Waals surface area contributed by atoms with Crippen LogP contribution in [0.3, 0.4) is 0 Å². The van der Waals surface area contributed by atoms with Gasteiger partial charge in [-0.15, -0.1) is 0 Å². The van der Waals surface area contributed by atoms with Crippen LogP contribution in [0.1, 0.15) is 36.2 Å². The average molecular weight is 348 g/mol. The molecule has 1 aliphatic rings. The summed E-state index contributed by atoms with van der Waals surface area (Å²) in [6.07, 6.45) is 3.17. The molecule has 0 radical (unpaired) electrons. The van der Waals surface area contributed by atoms with E-state index in [1.54, 1.807) is 4.57 Å². The van der Waals surface area contributed by atoms with E-state index in [4.69, 9.17) is 4.74 Å². The normalized spacial score (nSPS) is 15.6. The van der Waals surface area contributed by atoms with Gasteiger partial charge in [-0.25, -0.2) is 9.18 Å². The second kappa shape index (κ2) is 6.48. The van der Waals surface area contributed by atoms with E-state index in [0.717, 1.165) is 18.9 Å². The first kappa shape index (κ1) is 17.4. The van der Waals surface area contributed by atoms with E-state index in [-0.39, 0.29) is 28.8 Å². The number of halogens is 1. The number of carboxylic acids is 1. The fraction of sp³-hybridized carbons (Fsp3) is 0.444. The lowest BCUT2D eigenvalue weighted by atomic mass is 10.1. The van der Waals surface area contributed by atoms with E-state index in [1.165, 1.54) is 12.3 Å². The third-order valence-corrected chi connectivity index (χ3v) is 4.62. The summed E-state index contributed by atoms with van der Waals surface area (Å²) in [6.45, 7) is 2.26. The molecule has 0 amide bonds. The molecule has 1 fully saturated rings. The smallest absolute Gasteiger partial charge is 0.341 e. The lowest BCUT2D eigenvalue weighted by Gasteiger charge is -2.20. The molecule has 0 spiro atoms. The van der Waals surface area contributed by atoms with Crippen LogP contribution < -0.4 is 10.2 Å². The molecule has 7 heteroatoms. The quantitative estimate of drug-likeness (QED) is 0.868. The number of nitrogens with zero attached hydrogens (tertiary/aromatic N) is 2. The molecule has 1 aliphatic carbocycles. The molecule has 1 aromatic heterocycles. The Balaban J connectivity index is 2.09. The molecule has 1 aromatic carbocycles. The maximum Gasteiger partial charge on any atom is 0.341 e. The number of likely N-dealkylation sites (N-methyl/N-ethyl adjacent to an activating group) is 1. The largest absolute Gasteiger partial charge is 0.489 e. The van der Waals surface area contributed by atoms with Crippen LogP contribution in [0.15, 0.2) is 23.1 Å². The van der Waals surface area contributed by atoms with Gasteiger partial charge in [0, 0.05) is 29.7 Å². The second-order valence-corrected chi connectivity index (χ2v) is 6.74. The molecule has 6 nitrogen and oxygen atoms in total. The SMILES string of the molecule is CC(COc1cc2c(cc1F)c(=O)c(C(=O)O)cn2C1CC1)N(C)C. The van der Waals surface area contributed by atoms with Crippen molar-refractivity contribution >= 4 is 16.9 Å². The van der Waals surface area contributed by atoms with Crippen LogP contribution in [-0.4, -0.2) is 47.3 Å². The van der Waals surface area contributed by atoms with E-state index in [1.807, 2.05) is 25.9 Å². The van der Waals surface area contributed by atoms with Gasteiger partial charge in [-0.1, -0.05) is 0 Å². The third kappa shape index (κ3) is 3.37. The molecule has 1 atom stereocenters. The summed E-state index contributed by atoms with van der Waals surface area (Å²) in [5.41, 5.74) is -0.508. The highest BCUT2D eigenvalue weighted by Gasteiger charge is 2.27. The van der Waals surface area contributed by atoms with Gasteiger partial charge in [0.25, 0.3) is 0 Å². The maximum atomic E-state index is 14.4. The number of carbonyl (C=O) groups is 1. The zero-order valence-electron chi connectivity index (χ0n) is 14.5. The van der Waals surface area contributed by atoms with Crippen molar-refractivity contribution in [1.82, 2.24) is 9.47 Å². The van der Waals surface area contributed by atoms with Gasteiger partial charge >= 0.3 is 5.97 Å².